The van der Waals surface area contributed by atoms with Crippen molar-refractivity contribution in [3.8, 4) is 0 Å². The topological polar surface area (TPSA) is 25.8 Å². The number of aryl methyl sites for hydroxylation is 4. The van der Waals surface area contributed by atoms with Crippen molar-refractivity contribution in [2.45, 2.75) is 79.1 Å². The largest absolute Gasteiger partial charge is 0.254 e. The Hall–Kier alpha value is -1.96. The van der Waals surface area contributed by atoms with E-state index in [9.17, 15) is 0 Å². The molecule has 0 aliphatic carbocycles. The van der Waals surface area contributed by atoms with Gasteiger partial charge in [-0.1, -0.05) is 53.4 Å². The first-order valence-electron chi connectivity index (χ1n) is 10.5. The lowest BCUT2D eigenvalue weighted by Gasteiger charge is -2.20. The molecule has 0 amide bonds. The monoisotopic (exact) mass is 348 g/mol. The molecule has 0 bridgehead atoms. The van der Waals surface area contributed by atoms with Crippen LogP contribution < -0.4 is 0 Å². The average Bonchev–Trinajstić information content (AvgIpc) is 2.65. The second kappa shape index (κ2) is 8.62. The van der Waals surface area contributed by atoms with Crippen LogP contribution in [0.5, 0.6) is 0 Å². The summed E-state index contributed by atoms with van der Waals surface area (Å²) in [4.78, 5) is 9.67. The third-order valence-electron chi connectivity index (χ3n) is 5.31. The van der Waals surface area contributed by atoms with E-state index in [-0.39, 0.29) is 0 Å². The Balaban J connectivity index is 2.51. The standard InChI is InChI=1S/C24H32N2/c1-5-9-17-13-15-25-23-21(17)19(11-7-3)20(12-8-4)22-18(10-6-2)14-16-26-24(22)23/h13-16H,5-12H2,1-4H3. The molecule has 0 aliphatic heterocycles. The van der Waals surface area contributed by atoms with Crippen molar-refractivity contribution in [2.24, 2.45) is 0 Å². The van der Waals surface area contributed by atoms with Crippen molar-refractivity contribution >= 4 is 21.8 Å². The molecule has 138 valence electrons. The minimum absolute atomic E-state index is 1.11. The Morgan fingerprint density at radius 2 is 0.962 bits per heavy atom. The van der Waals surface area contributed by atoms with Gasteiger partial charge in [0.2, 0.25) is 0 Å². The number of hydrogen-bond donors (Lipinski definition) is 0. The number of fused-ring (bicyclic) bond motifs is 3. The highest BCUT2D eigenvalue weighted by molar-refractivity contribution is 6.08. The van der Waals surface area contributed by atoms with E-state index in [1.54, 1.807) is 11.1 Å². The molecule has 0 saturated carbocycles. The molecule has 0 atom stereocenters. The van der Waals surface area contributed by atoms with Gasteiger partial charge in [0.25, 0.3) is 0 Å². The van der Waals surface area contributed by atoms with Gasteiger partial charge in [0.1, 0.15) is 0 Å². The highest BCUT2D eigenvalue weighted by Crippen LogP contribution is 2.36. The van der Waals surface area contributed by atoms with Gasteiger partial charge in [0, 0.05) is 23.2 Å². The normalized spacial score (nSPS) is 11.5. The first-order valence-corrected chi connectivity index (χ1v) is 10.5. The van der Waals surface area contributed by atoms with E-state index in [4.69, 9.17) is 9.97 Å². The van der Waals surface area contributed by atoms with Crippen molar-refractivity contribution in [3.63, 3.8) is 0 Å². The molecular weight excluding hydrogens is 316 g/mol. The van der Waals surface area contributed by atoms with Crippen LogP contribution >= 0.6 is 0 Å². The summed E-state index contributed by atoms with van der Waals surface area (Å²) in [5.74, 6) is 0. The average molecular weight is 349 g/mol. The maximum Gasteiger partial charge on any atom is 0.0970 e. The summed E-state index contributed by atoms with van der Waals surface area (Å²) in [5, 5.41) is 2.79. The summed E-state index contributed by atoms with van der Waals surface area (Å²) in [6.07, 6.45) is 13.1. The van der Waals surface area contributed by atoms with Crippen LogP contribution in [0.2, 0.25) is 0 Å². The van der Waals surface area contributed by atoms with Gasteiger partial charge in [0.05, 0.1) is 11.0 Å². The molecule has 0 aliphatic rings. The van der Waals surface area contributed by atoms with Crippen molar-refractivity contribution in [3.05, 3.63) is 46.8 Å². The van der Waals surface area contributed by atoms with E-state index < -0.39 is 0 Å². The van der Waals surface area contributed by atoms with E-state index in [0.717, 1.165) is 49.6 Å². The van der Waals surface area contributed by atoms with E-state index in [2.05, 4.69) is 39.8 Å². The summed E-state index contributed by atoms with van der Waals surface area (Å²) in [5.41, 5.74) is 8.21. The fraction of sp³-hybridized carbons (Fsp3) is 0.500. The molecule has 0 radical (unpaired) electrons. The second-order valence-electron chi connectivity index (χ2n) is 7.34. The first-order chi connectivity index (χ1) is 12.8. The van der Waals surface area contributed by atoms with Crippen molar-refractivity contribution in [2.75, 3.05) is 0 Å². The lowest BCUT2D eigenvalue weighted by atomic mass is 9.86. The molecule has 0 unspecified atom stereocenters. The van der Waals surface area contributed by atoms with Crippen LogP contribution in [-0.4, -0.2) is 9.97 Å². The summed E-state index contributed by atoms with van der Waals surface area (Å²) in [6, 6.07) is 4.45. The van der Waals surface area contributed by atoms with Crippen molar-refractivity contribution in [1.29, 1.82) is 0 Å². The van der Waals surface area contributed by atoms with Gasteiger partial charge in [-0.2, -0.15) is 0 Å². The van der Waals surface area contributed by atoms with Gasteiger partial charge in [0.15, 0.2) is 0 Å². The lowest BCUT2D eigenvalue weighted by molar-refractivity contribution is 0.865. The molecule has 2 heteroatoms. The molecule has 2 heterocycles. The Labute approximate surface area is 158 Å². The molecule has 26 heavy (non-hydrogen) atoms. The quantitative estimate of drug-likeness (QED) is 0.429. The predicted octanol–water partition coefficient (Wildman–Crippen LogP) is 6.59. The number of aromatic nitrogens is 2. The van der Waals surface area contributed by atoms with Crippen LogP contribution in [0.15, 0.2) is 24.5 Å². The fourth-order valence-corrected chi connectivity index (χ4v) is 4.34. The number of rotatable bonds is 8. The third-order valence-corrected chi connectivity index (χ3v) is 5.31. The summed E-state index contributed by atoms with van der Waals surface area (Å²) < 4.78 is 0. The summed E-state index contributed by atoms with van der Waals surface area (Å²) in [6.45, 7) is 9.10. The molecule has 2 aromatic heterocycles. The Morgan fingerprint density at radius 3 is 1.31 bits per heavy atom. The number of nitrogens with zero attached hydrogens (tertiary/aromatic N) is 2. The fourth-order valence-electron chi connectivity index (χ4n) is 4.34. The molecule has 0 saturated heterocycles. The van der Waals surface area contributed by atoms with Gasteiger partial charge >= 0.3 is 0 Å². The molecule has 3 aromatic rings. The van der Waals surface area contributed by atoms with Crippen LogP contribution in [0, 0.1) is 0 Å². The summed E-state index contributed by atoms with van der Waals surface area (Å²) >= 11 is 0. The Kier molecular flexibility index (Phi) is 6.24. The molecule has 0 fully saturated rings. The number of benzene rings is 1. The minimum Gasteiger partial charge on any atom is -0.254 e. The molecule has 3 rings (SSSR count). The van der Waals surface area contributed by atoms with E-state index in [0.29, 0.717) is 0 Å². The number of hydrogen-bond acceptors (Lipinski definition) is 2. The van der Waals surface area contributed by atoms with Gasteiger partial charge in [-0.25, -0.2) is 0 Å². The zero-order valence-corrected chi connectivity index (χ0v) is 16.9. The smallest absolute Gasteiger partial charge is 0.0970 e. The second-order valence-corrected chi connectivity index (χ2v) is 7.34. The molecular formula is C24H32N2. The van der Waals surface area contributed by atoms with Crippen LogP contribution in [0.3, 0.4) is 0 Å². The lowest BCUT2D eigenvalue weighted by Crippen LogP contribution is -2.05. The SMILES string of the molecule is CCCc1ccnc2c1c(CCC)c(CCC)c1c(CCC)ccnc12. The predicted molar refractivity (Wildman–Crippen MR) is 113 cm³/mol. The molecule has 0 spiro atoms. The van der Waals surface area contributed by atoms with Crippen LogP contribution in [-0.2, 0) is 25.7 Å². The third kappa shape index (κ3) is 3.34. The van der Waals surface area contributed by atoms with Crippen molar-refractivity contribution in [1.82, 2.24) is 9.97 Å². The minimum atomic E-state index is 1.11. The maximum atomic E-state index is 4.84. The molecule has 0 N–H and O–H groups in total. The van der Waals surface area contributed by atoms with Gasteiger partial charge < -0.3 is 0 Å². The van der Waals surface area contributed by atoms with Gasteiger partial charge in [-0.15, -0.1) is 0 Å². The molecule has 2 nitrogen and oxygen atoms in total. The van der Waals surface area contributed by atoms with Crippen LogP contribution in [0.1, 0.15) is 75.6 Å². The van der Waals surface area contributed by atoms with E-state index >= 15 is 0 Å². The highest BCUT2D eigenvalue weighted by atomic mass is 14.7. The van der Waals surface area contributed by atoms with Crippen molar-refractivity contribution < 1.29 is 0 Å². The Bertz CT molecular complexity index is 821. The van der Waals surface area contributed by atoms with E-state index in [1.165, 1.54) is 34.7 Å². The highest BCUT2D eigenvalue weighted by Gasteiger charge is 2.19. The maximum absolute atomic E-state index is 4.84. The first kappa shape index (κ1) is 18.8. The van der Waals surface area contributed by atoms with Gasteiger partial charge in [-0.05, 0) is 60.1 Å². The Morgan fingerprint density at radius 1 is 0.577 bits per heavy atom. The molecule has 1 aromatic carbocycles. The number of pyridine rings is 2. The van der Waals surface area contributed by atoms with Crippen LogP contribution in [0.25, 0.3) is 21.8 Å². The van der Waals surface area contributed by atoms with E-state index in [1.807, 2.05) is 12.4 Å². The zero-order chi connectivity index (χ0) is 18.5. The summed E-state index contributed by atoms with van der Waals surface area (Å²) in [7, 11) is 0. The van der Waals surface area contributed by atoms with Crippen LogP contribution in [0.4, 0.5) is 0 Å². The van der Waals surface area contributed by atoms with Gasteiger partial charge in [-0.3, -0.25) is 9.97 Å². The zero-order valence-electron chi connectivity index (χ0n) is 16.9.